The van der Waals surface area contributed by atoms with Crippen molar-refractivity contribution in [1.29, 1.82) is 0 Å². The first-order valence-electron chi connectivity index (χ1n) is 4.63. The number of phenols is 1. The van der Waals surface area contributed by atoms with E-state index in [1.807, 2.05) is 0 Å². The maximum absolute atomic E-state index is 11.4. The van der Waals surface area contributed by atoms with Gasteiger partial charge in [-0.25, -0.2) is 0 Å². The Kier molecular flexibility index (Phi) is 2.72. The lowest BCUT2D eigenvalue weighted by Crippen LogP contribution is -2.04. The normalized spacial score (nSPS) is 11.3. The highest BCUT2D eigenvalue weighted by molar-refractivity contribution is 7.87. The number of hydrogen-bond acceptors (Lipinski definition) is 5. The van der Waals surface area contributed by atoms with E-state index in [9.17, 15) is 18.3 Å². The number of benzene rings is 2. The fourth-order valence-corrected chi connectivity index (χ4v) is 2.20. The van der Waals surface area contributed by atoms with E-state index in [4.69, 9.17) is 0 Å². The molecule has 0 amide bonds. The summed E-state index contributed by atoms with van der Waals surface area (Å²) in [6, 6.07) is 8.80. The van der Waals surface area contributed by atoms with Gasteiger partial charge in [0.25, 0.3) is 0 Å². The highest BCUT2D eigenvalue weighted by Gasteiger charge is 2.15. The van der Waals surface area contributed by atoms with E-state index in [0.717, 1.165) is 5.39 Å². The largest absolute Gasteiger partial charge is 0.508 e. The molecule has 0 heterocycles. The predicted molar refractivity (Wildman–Crippen MR) is 59.9 cm³/mol. The van der Waals surface area contributed by atoms with Crippen LogP contribution in [0.25, 0.3) is 10.8 Å². The molecule has 17 heavy (non-hydrogen) atoms. The van der Waals surface area contributed by atoms with Crippen LogP contribution in [0.4, 0.5) is 0 Å². The summed E-state index contributed by atoms with van der Waals surface area (Å²) in [5.41, 5.74) is 0. The lowest BCUT2D eigenvalue weighted by molar-refractivity contribution is -0.120. The maximum Gasteiger partial charge on any atom is 0.341 e. The molecular formula is C11H8O5S. The number of carbonyl (C=O) groups excluding carboxylic acids is 1. The summed E-state index contributed by atoms with van der Waals surface area (Å²) in [7, 11) is -4.06. The predicted octanol–water partition coefficient (Wildman–Crippen LogP) is 1.41. The van der Waals surface area contributed by atoms with Crippen molar-refractivity contribution in [2.24, 2.45) is 0 Å². The maximum atomic E-state index is 11.4. The van der Waals surface area contributed by atoms with Crippen molar-refractivity contribution >= 4 is 27.4 Å². The molecule has 0 saturated carbocycles. The third-order valence-electron chi connectivity index (χ3n) is 2.25. The van der Waals surface area contributed by atoms with Crippen molar-refractivity contribution in [3.05, 3.63) is 36.4 Å². The molecule has 0 spiro atoms. The standard InChI is InChI=1S/C11H8O5S/c12-7-16-17(14,15)11-4-2-8-1-3-10(13)5-9(8)6-11/h1-7,13H. The van der Waals surface area contributed by atoms with Crippen molar-refractivity contribution < 1.29 is 22.5 Å². The average Bonchev–Trinajstić information content (AvgIpc) is 2.28. The van der Waals surface area contributed by atoms with Crippen molar-refractivity contribution in [3.8, 4) is 5.75 Å². The van der Waals surface area contributed by atoms with Crippen LogP contribution in [0.3, 0.4) is 0 Å². The molecule has 0 fully saturated rings. The number of hydrogen-bond donors (Lipinski definition) is 1. The number of carbonyl (C=O) groups is 1. The van der Waals surface area contributed by atoms with Gasteiger partial charge in [0.05, 0.1) is 0 Å². The quantitative estimate of drug-likeness (QED) is 0.659. The zero-order valence-electron chi connectivity index (χ0n) is 8.53. The summed E-state index contributed by atoms with van der Waals surface area (Å²) in [6.07, 6.45) is 0. The fraction of sp³-hybridized carbons (Fsp3) is 0. The molecule has 0 aromatic heterocycles. The van der Waals surface area contributed by atoms with Crippen molar-refractivity contribution in [2.45, 2.75) is 4.90 Å². The Morgan fingerprint density at radius 2 is 1.76 bits per heavy atom. The molecule has 5 nitrogen and oxygen atoms in total. The Labute approximate surface area is 97.4 Å². The molecule has 88 valence electrons. The van der Waals surface area contributed by atoms with E-state index >= 15 is 0 Å². The second-order valence-electron chi connectivity index (χ2n) is 3.34. The third kappa shape index (κ3) is 2.21. The van der Waals surface area contributed by atoms with E-state index in [1.165, 1.54) is 24.3 Å². The van der Waals surface area contributed by atoms with E-state index < -0.39 is 10.1 Å². The van der Waals surface area contributed by atoms with Gasteiger partial charge >= 0.3 is 16.6 Å². The number of rotatable bonds is 3. The molecule has 2 aromatic rings. The first-order chi connectivity index (χ1) is 8.03. The summed E-state index contributed by atoms with van der Waals surface area (Å²) < 4.78 is 26.9. The molecular weight excluding hydrogens is 244 g/mol. The molecule has 0 unspecified atom stereocenters. The highest BCUT2D eigenvalue weighted by atomic mass is 32.2. The van der Waals surface area contributed by atoms with Gasteiger partial charge in [0.15, 0.2) is 0 Å². The number of aromatic hydroxyl groups is 1. The van der Waals surface area contributed by atoms with Crippen LogP contribution in [-0.4, -0.2) is 20.0 Å². The Hall–Kier alpha value is -2.08. The molecule has 0 aliphatic heterocycles. The second kappa shape index (κ2) is 4.06. The van der Waals surface area contributed by atoms with Gasteiger partial charge in [-0.05, 0) is 35.0 Å². The molecule has 0 radical (unpaired) electrons. The summed E-state index contributed by atoms with van der Waals surface area (Å²) >= 11 is 0. The topological polar surface area (TPSA) is 80.7 Å². The zero-order chi connectivity index (χ0) is 12.5. The van der Waals surface area contributed by atoms with Gasteiger partial charge in [-0.1, -0.05) is 12.1 Å². The number of phenolic OH excluding ortho intramolecular Hbond substituents is 1. The monoisotopic (exact) mass is 252 g/mol. The Balaban J connectivity index is 2.62. The van der Waals surface area contributed by atoms with Crippen LogP contribution in [0, 0.1) is 0 Å². The molecule has 2 rings (SSSR count). The minimum absolute atomic E-state index is 0.0309. The van der Waals surface area contributed by atoms with Crippen LogP contribution >= 0.6 is 0 Å². The Bertz CT molecular complexity index is 675. The molecule has 0 atom stereocenters. The van der Waals surface area contributed by atoms with Gasteiger partial charge in [0.1, 0.15) is 10.6 Å². The number of fused-ring (bicyclic) bond motifs is 1. The fourth-order valence-electron chi connectivity index (χ4n) is 1.47. The van der Waals surface area contributed by atoms with Gasteiger partial charge in [0, 0.05) is 0 Å². The van der Waals surface area contributed by atoms with E-state index in [1.54, 1.807) is 12.1 Å². The zero-order valence-corrected chi connectivity index (χ0v) is 9.35. The van der Waals surface area contributed by atoms with Gasteiger partial charge in [-0.3, -0.25) is 4.79 Å². The van der Waals surface area contributed by atoms with Gasteiger partial charge in [-0.2, -0.15) is 8.42 Å². The first-order valence-corrected chi connectivity index (χ1v) is 6.03. The van der Waals surface area contributed by atoms with E-state index in [0.29, 0.717) is 5.39 Å². The van der Waals surface area contributed by atoms with Crippen LogP contribution in [-0.2, 0) is 19.1 Å². The van der Waals surface area contributed by atoms with E-state index in [-0.39, 0.29) is 17.1 Å². The van der Waals surface area contributed by atoms with Crippen LogP contribution < -0.4 is 0 Å². The van der Waals surface area contributed by atoms with Crippen molar-refractivity contribution in [2.75, 3.05) is 0 Å². The first kappa shape index (κ1) is 11.4. The summed E-state index contributed by atoms with van der Waals surface area (Å²) in [5, 5.41) is 10.6. The van der Waals surface area contributed by atoms with Crippen molar-refractivity contribution in [1.82, 2.24) is 0 Å². The Morgan fingerprint density at radius 3 is 2.47 bits per heavy atom. The molecule has 0 saturated heterocycles. The van der Waals surface area contributed by atoms with Crippen molar-refractivity contribution in [3.63, 3.8) is 0 Å². The SMILES string of the molecule is O=COS(=O)(=O)c1ccc2ccc(O)cc2c1. The molecule has 2 aromatic carbocycles. The summed E-state index contributed by atoms with van der Waals surface area (Å²) in [4.78, 5) is 9.93. The highest BCUT2D eigenvalue weighted by Crippen LogP contribution is 2.23. The molecule has 0 aliphatic carbocycles. The van der Waals surface area contributed by atoms with Gasteiger partial charge in [0.2, 0.25) is 0 Å². The van der Waals surface area contributed by atoms with Gasteiger partial charge < -0.3 is 9.29 Å². The van der Waals surface area contributed by atoms with Crippen LogP contribution in [0.1, 0.15) is 0 Å². The lowest BCUT2D eigenvalue weighted by Gasteiger charge is -2.03. The summed E-state index contributed by atoms with van der Waals surface area (Å²) in [6.45, 7) is -0.137. The van der Waals surface area contributed by atoms with Crippen LogP contribution in [0.2, 0.25) is 0 Å². The molecule has 0 bridgehead atoms. The van der Waals surface area contributed by atoms with Crippen LogP contribution in [0.5, 0.6) is 5.75 Å². The molecule has 6 heteroatoms. The minimum Gasteiger partial charge on any atom is -0.508 e. The van der Waals surface area contributed by atoms with Gasteiger partial charge in [-0.15, -0.1) is 0 Å². The summed E-state index contributed by atoms with van der Waals surface area (Å²) in [5.74, 6) is 0.0309. The molecule has 0 aliphatic rings. The van der Waals surface area contributed by atoms with Crippen LogP contribution in [0.15, 0.2) is 41.3 Å². The smallest absolute Gasteiger partial charge is 0.341 e. The lowest BCUT2D eigenvalue weighted by atomic mass is 10.1. The van der Waals surface area contributed by atoms with E-state index in [2.05, 4.69) is 4.18 Å². The molecule has 1 N–H and O–H groups in total. The Morgan fingerprint density at radius 1 is 1.06 bits per heavy atom. The minimum atomic E-state index is -4.06. The second-order valence-corrected chi connectivity index (χ2v) is 4.91. The third-order valence-corrected chi connectivity index (χ3v) is 3.41. The average molecular weight is 252 g/mol.